The highest BCUT2D eigenvalue weighted by Gasteiger charge is 2.36. The van der Waals surface area contributed by atoms with Crippen molar-refractivity contribution in [3.63, 3.8) is 0 Å². The molecule has 0 saturated carbocycles. The summed E-state index contributed by atoms with van der Waals surface area (Å²) in [5, 5.41) is 3.33. The quantitative estimate of drug-likeness (QED) is 0.632. The molecule has 1 heterocycles. The third-order valence-electron chi connectivity index (χ3n) is 2.32. The fourth-order valence-electron chi connectivity index (χ4n) is 1.62. The van der Waals surface area contributed by atoms with Crippen molar-refractivity contribution in [2.75, 3.05) is 13.2 Å². The number of morpholine rings is 1. The summed E-state index contributed by atoms with van der Waals surface area (Å²) in [5.41, 5.74) is 5.49. The second kappa shape index (κ2) is 4.56. The monoisotopic (exact) mass is 182 g/mol. The summed E-state index contributed by atoms with van der Waals surface area (Å²) in [5.74, 6) is 0. The first-order chi connectivity index (χ1) is 6.23. The molecule has 0 radical (unpaired) electrons. The maximum Gasteiger partial charge on any atom is 0.135 e. The molecule has 13 heavy (non-hydrogen) atoms. The number of nitrogens with two attached hydrogens (primary N) is 1. The van der Waals surface area contributed by atoms with Crippen LogP contribution in [0.2, 0.25) is 0 Å². The number of ether oxygens (including phenoxy) is 1. The Bertz CT molecular complexity index is 193. The predicted octanol–water partition coefficient (Wildman–Crippen LogP) is 0.782. The van der Waals surface area contributed by atoms with Gasteiger partial charge in [0.05, 0.1) is 12.6 Å². The van der Waals surface area contributed by atoms with E-state index in [2.05, 4.69) is 18.5 Å². The number of hydrogen-bond acceptors (Lipinski definition) is 3. The van der Waals surface area contributed by atoms with Crippen LogP contribution >= 0.6 is 0 Å². The van der Waals surface area contributed by atoms with Crippen LogP contribution < -0.4 is 11.1 Å². The first-order valence-corrected chi connectivity index (χ1v) is 4.61. The molecular formula is C10H18N2O. The summed E-state index contributed by atoms with van der Waals surface area (Å²) in [6.07, 6.45) is 5.14. The SMILES string of the molecule is C=CCC1NCCOC1(N)CC=C. The molecule has 1 saturated heterocycles. The fourth-order valence-corrected chi connectivity index (χ4v) is 1.62. The van der Waals surface area contributed by atoms with Crippen LogP contribution in [0.5, 0.6) is 0 Å². The Morgan fingerprint density at radius 3 is 2.92 bits per heavy atom. The standard InChI is InChI=1S/C10H18N2O/c1-3-5-9-10(11,6-4-2)13-8-7-12-9/h3-4,9,12H,1-2,5-8,11H2. The lowest BCUT2D eigenvalue weighted by Crippen LogP contribution is -2.63. The van der Waals surface area contributed by atoms with E-state index in [1.54, 1.807) is 6.08 Å². The van der Waals surface area contributed by atoms with Gasteiger partial charge < -0.3 is 15.8 Å². The minimum absolute atomic E-state index is 0.150. The molecule has 3 nitrogen and oxygen atoms in total. The minimum atomic E-state index is -0.603. The van der Waals surface area contributed by atoms with Gasteiger partial charge in [0, 0.05) is 13.0 Å². The van der Waals surface area contributed by atoms with Gasteiger partial charge in [0.25, 0.3) is 0 Å². The Kier molecular flexibility index (Phi) is 3.66. The van der Waals surface area contributed by atoms with Crippen molar-refractivity contribution in [2.45, 2.75) is 24.6 Å². The lowest BCUT2D eigenvalue weighted by molar-refractivity contribution is -0.0899. The summed E-state index contributed by atoms with van der Waals surface area (Å²) in [6.45, 7) is 8.90. The van der Waals surface area contributed by atoms with E-state index in [-0.39, 0.29) is 6.04 Å². The molecule has 0 bridgehead atoms. The van der Waals surface area contributed by atoms with Crippen molar-refractivity contribution < 1.29 is 4.74 Å². The van der Waals surface area contributed by atoms with E-state index in [0.29, 0.717) is 13.0 Å². The molecule has 1 aliphatic rings. The molecule has 0 spiro atoms. The van der Waals surface area contributed by atoms with Crippen molar-refractivity contribution in [3.05, 3.63) is 25.3 Å². The third kappa shape index (κ3) is 2.40. The van der Waals surface area contributed by atoms with E-state index in [1.165, 1.54) is 0 Å². The molecule has 0 aromatic heterocycles. The molecule has 0 aromatic rings. The molecule has 0 aliphatic carbocycles. The van der Waals surface area contributed by atoms with Gasteiger partial charge in [-0.3, -0.25) is 0 Å². The fraction of sp³-hybridized carbons (Fsp3) is 0.600. The Morgan fingerprint density at radius 2 is 2.31 bits per heavy atom. The molecule has 0 amide bonds. The Hall–Kier alpha value is -0.640. The lowest BCUT2D eigenvalue weighted by Gasteiger charge is -2.40. The van der Waals surface area contributed by atoms with Crippen LogP contribution in [0.25, 0.3) is 0 Å². The summed E-state index contributed by atoms with van der Waals surface area (Å²) in [4.78, 5) is 0. The zero-order chi connectivity index (χ0) is 9.73. The average Bonchev–Trinajstić information content (AvgIpc) is 2.10. The summed E-state index contributed by atoms with van der Waals surface area (Å²) in [6, 6.07) is 0.150. The summed E-state index contributed by atoms with van der Waals surface area (Å²) < 4.78 is 5.57. The largest absolute Gasteiger partial charge is 0.358 e. The van der Waals surface area contributed by atoms with Crippen LogP contribution in [0.15, 0.2) is 25.3 Å². The van der Waals surface area contributed by atoms with E-state index in [9.17, 15) is 0 Å². The van der Waals surface area contributed by atoms with E-state index in [1.807, 2.05) is 6.08 Å². The topological polar surface area (TPSA) is 47.3 Å². The molecule has 1 aliphatic heterocycles. The van der Waals surface area contributed by atoms with E-state index >= 15 is 0 Å². The van der Waals surface area contributed by atoms with Crippen molar-refractivity contribution in [1.82, 2.24) is 5.32 Å². The Balaban J connectivity index is 2.63. The van der Waals surface area contributed by atoms with Crippen molar-refractivity contribution in [2.24, 2.45) is 5.73 Å². The minimum Gasteiger partial charge on any atom is -0.358 e. The van der Waals surface area contributed by atoms with Crippen LogP contribution in [-0.2, 0) is 4.74 Å². The lowest BCUT2D eigenvalue weighted by atomic mass is 9.96. The zero-order valence-electron chi connectivity index (χ0n) is 7.96. The van der Waals surface area contributed by atoms with Gasteiger partial charge in [-0.05, 0) is 6.42 Å². The van der Waals surface area contributed by atoms with Gasteiger partial charge in [0.15, 0.2) is 0 Å². The number of hydrogen-bond donors (Lipinski definition) is 2. The Morgan fingerprint density at radius 1 is 1.54 bits per heavy atom. The van der Waals surface area contributed by atoms with E-state index in [0.717, 1.165) is 13.0 Å². The molecule has 1 fully saturated rings. The third-order valence-corrected chi connectivity index (χ3v) is 2.32. The van der Waals surface area contributed by atoms with Gasteiger partial charge >= 0.3 is 0 Å². The highest BCUT2D eigenvalue weighted by molar-refractivity contribution is 4.98. The molecule has 3 heteroatoms. The second-order valence-corrected chi connectivity index (χ2v) is 3.33. The maximum absolute atomic E-state index is 6.10. The smallest absolute Gasteiger partial charge is 0.135 e. The molecule has 3 N–H and O–H groups in total. The normalized spacial score (nSPS) is 34.1. The van der Waals surface area contributed by atoms with Crippen LogP contribution in [0.3, 0.4) is 0 Å². The maximum atomic E-state index is 6.10. The predicted molar refractivity (Wildman–Crippen MR) is 54.3 cm³/mol. The number of rotatable bonds is 4. The van der Waals surface area contributed by atoms with Gasteiger partial charge in [-0.2, -0.15) is 0 Å². The first-order valence-electron chi connectivity index (χ1n) is 4.61. The van der Waals surface area contributed by atoms with Gasteiger partial charge in [0.1, 0.15) is 5.72 Å². The molecule has 1 rings (SSSR count). The van der Waals surface area contributed by atoms with Gasteiger partial charge in [-0.1, -0.05) is 12.2 Å². The Labute approximate surface area is 79.6 Å². The van der Waals surface area contributed by atoms with Crippen LogP contribution in [0, 0.1) is 0 Å². The molecule has 0 aromatic carbocycles. The summed E-state index contributed by atoms with van der Waals surface area (Å²) >= 11 is 0. The highest BCUT2D eigenvalue weighted by Crippen LogP contribution is 2.20. The average molecular weight is 182 g/mol. The van der Waals surface area contributed by atoms with E-state index in [4.69, 9.17) is 10.5 Å². The summed E-state index contributed by atoms with van der Waals surface area (Å²) in [7, 11) is 0. The molecule has 2 unspecified atom stereocenters. The van der Waals surface area contributed by atoms with Crippen LogP contribution in [-0.4, -0.2) is 24.9 Å². The van der Waals surface area contributed by atoms with Crippen molar-refractivity contribution >= 4 is 0 Å². The van der Waals surface area contributed by atoms with Crippen molar-refractivity contribution in [1.29, 1.82) is 0 Å². The second-order valence-electron chi connectivity index (χ2n) is 3.33. The number of nitrogens with one attached hydrogen (secondary N) is 1. The van der Waals surface area contributed by atoms with E-state index < -0.39 is 5.72 Å². The van der Waals surface area contributed by atoms with Gasteiger partial charge in [-0.25, -0.2) is 0 Å². The van der Waals surface area contributed by atoms with Gasteiger partial charge in [-0.15, -0.1) is 13.2 Å². The molecular weight excluding hydrogens is 164 g/mol. The van der Waals surface area contributed by atoms with Crippen LogP contribution in [0.1, 0.15) is 12.8 Å². The van der Waals surface area contributed by atoms with Gasteiger partial charge in [0.2, 0.25) is 0 Å². The molecule has 2 atom stereocenters. The van der Waals surface area contributed by atoms with Crippen molar-refractivity contribution in [3.8, 4) is 0 Å². The zero-order valence-corrected chi connectivity index (χ0v) is 7.96. The first kappa shape index (κ1) is 10.4. The van der Waals surface area contributed by atoms with Crippen LogP contribution in [0.4, 0.5) is 0 Å². The highest BCUT2D eigenvalue weighted by atomic mass is 16.5. The molecule has 74 valence electrons.